The van der Waals surface area contributed by atoms with Gasteiger partial charge >= 0.3 is 6.55 Å². The number of Topliss-reactive ketones (excluding diaryl/α,β-unsaturated/α-hetero) is 1. The Morgan fingerprint density at radius 3 is 2.74 bits per heavy atom. The van der Waals surface area contributed by atoms with E-state index in [9.17, 15) is 13.6 Å². The molecule has 2 unspecified atom stereocenters. The summed E-state index contributed by atoms with van der Waals surface area (Å²) in [6.45, 7) is 3.28. The van der Waals surface area contributed by atoms with E-state index in [2.05, 4.69) is 22.0 Å². The Balaban J connectivity index is 1.63. The van der Waals surface area contributed by atoms with Crippen molar-refractivity contribution in [2.75, 3.05) is 7.05 Å². The highest BCUT2D eigenvalue weighted by Gasteiger charge is 2.36. The van der Waals surface area contributed by atoms with Crippen LogP contribution >= 0.6 is 0 Å². The number of nitrogens with zero attached hydrogens (tertiary/aromatic N) is 4. The fourth-order valence-corrected chi connectivity index (χ4v) is 4.01. The molecule has 2 aromatic rings. The standard InChI is InChI=1S/C22H31F2N5O2/c1-5-8-16-17(26-13-25-16)10-7-9-14(3)19(30)20-18(6-2)28(4)21(31-20)15-11-27-29(12-15)22(23)24/h11-14,21-22H,5-10H2,1-4H3,(H,25,26). The van der Waals surface area contributed by atoms with E-state index in [1.54, 1.807) is 13.4 Å². The minimum Gasteiger partial charge on any atom is -0.461 e. The smallest absolute Gasteiger partial charge is 0.333 e. The first-order valence-electron chi connectivity index (χ1n) is 10.9. The van der Waals surface area contributed by atoms with Crippen LogP contribution in [-0.4, -0.2) is 37.5 Å². The molecule has 9 heteroatoms. The zero-order chi connectivity index (χ0) is 22.5. The molecule has 0 aromatic carbocycles. The van der Waals surface area contributed by atoms with E-state index in [0.29, 0.717) is 22.4 Å². The van der Waals surface area contributed by atoms with E-state index in [1.165, 1.54) is 18.1 Å². The number of carbonyl (C=O) groups is 1. The molecule has 1 aliphatic rings. The molecule has 0 radical (unpaired) electrons. The van der Waals surface area contributed by atoms with Gasteiger partial charge in [0.2, 0.25) is 12.0 Å². The molecule has 0 fully saturated rings. The van der Waals surface area contributed by atoms with Crippen LogP contribution in [0.25, 0.3) is 0 Å². The molecule has 2 atom stereocenters. The highest BCUT2D eigenvalue weighted by molar-refractivity contribution is 5.96. The second-order valence-corrected chi connectivity index (χ2v) is 7.98. The fraction of sp³-hybridized carbons (Fsp3) is 0.591. The van der Waals surface area contributed by atoms with Crippen LogP contribution in [0.2, 0.25) is 0 Å². The molecule has 1 N–H and O–H groups in total. The molecule has 0 aliphatic carbocycles. The zero-order valence-electron chi connectivity index (χ0n) is 18.6. The maximum Gasteiger partial charge on any atom is 0.333 e. The number of H-pyrrole nitrogens is 1. The number of alkyl halides is 2. The van der Waals surface area contributed by atoms with Gasteiger partial charge in [-0.1, -0.05) is 27.2 Å². The summed E-state index contributed by atoms with van der Waals surface area (Å²) in [6.07, 6.45) is 8.75. The van der Waals surface area contributed by atoms with Crippen molar-refractivity contribution in [1.29, 1.82) is 0 Å². The van der Waals surface area contributed by atoms with E-state index < -0.39 is 12.8 Å². The third-order valence-electron chi connectivity index (χ3n) is 5.74. The fourth-order valence-electron chi connectivity index (χ4n) is 4.01. The number of aromatic nitrogens is 4. The van der Waals surface area contributed by atoms with E-state index in [4.69, 9.17) is 4.74 Å². The van der Waals surface area contributed by atoms with Crippen LogP contribution in [0.1, 0.15) is 76.2 Å². The molecule has 0 bridgehead atoms. The predicted octanol–water partition coefficient (Wildman–Crippen LogP) is 4.76. The molecule has 3 heterocycles. The van der Waals surface area contributed by atoms with Gasteiger partial charge in [-0.2, -0.15) is 13.9 Å². The molecule has 0 amide bonds. The van der Waals surface area contributed by atoms with Crippen molar-refractivity contribution < 1.29 is 18.3 Å². The molecule has 31 heavy (non-hydrogen) atoms. The maximum atomic E-state index is 13.1. The summed E-state index contributed by atoms with van der Waals surface area (Å²) >= 11 is 0. The van der Waals surface area contributed by atoms with Crippen LogP contribution in [0.15, 0.2) is 30.2 Å². The largest absolute Gasteiger partial charge is 0.461 e. The Labute approximate surface area is 181 Å². The van der Waals surface area contributed by atoms with Crippen molar-refractivity contribution in [3.8, 4) is 0 Å². The summed E-state index contributed by atoms with van der Waals surface area (Å²) in [5, 5.41) is 3.68. The summed E-state index contributed by atoms with van der Waals surface area (Å²) in [6, 6.07) is 0. The quantitative estimate of drug-likeness (QED) is 0.551. The molecule has 0 spiro atoms. The number of carbonyl (C=O) groups excluding carboxylic acids is 1. The van der Waals surface area contributed by atoms with Gasteiger partial charge in [-0.3, -0.25) is 4.79 Å². The van der Waals surface area contributed by atoms with Crippen molar-refractivity contribution >= 4 is 5.78 Å². The molecular formula is C22H31F2N5O2. The Morgan fingerprint density at radius 1 is 1.32 bits per heavy atom. The Hall–Kier alpha value is -2.71. The molecule has 7 nitrogen and oxygen atoms in total. The second kappa shape index (κ2) is 10.1. The van der Waals surface area contributed by atoms with Gasteiger partial charge in [-0.15, -0.1) is 0 Å². The van der Waals surface area contributed by atoms with Crippen LogP contribution in [0.4, 0.5) is 8.78 Å². The van der Waals surface area contributed by atoms with Gasteiger partial charge in [0.25, 0.3) is 0 Å². The summed E-state index contributed by atoms with van der Waals surface area (Å²) in [5.74, 6) is 0.0723. The number of imidazole rings is 1. The summed E-state index contributed by atoms with van der Waals surface area (Å²) in [5.41, 5.74) is 3.52. The number of aromatic amines is 1. The van der Waals surface area contributed by atoms with Crippen LogP contribution in [-0.2, 0) is 22.4 Å². The summed E-state index contributed by atoms with van der Waals surface area (Å²) in [7, 11) is 1.81. The van der Waals surface area contributed by atoms with Gasteiger partial charge in [0.1, 0.15) is 0 Å². The van der Waals surface area contributed by atoms with Crippen molar-refractivity contribution in [1.82, 2.24) is 24.6 Å². The average molecular weight is 436 g/mol. The number of aryl methyl sites for hydroxylation is 2. The number of halogens is 2. The van der Waals surface area contributed by atoms with E-state index in [-0.39, 0.29) is 11.7 Å². The van der Waals surface area contributed by atoms with E-state index >= 15 is 0 Å². The first-order valence-corrected chi connectivity index (χ1v) is 10.9. The normalized spacial score (nSPS) is 17.5. The minimum atomic E-state index is -2.72. The molecular weight excluding hydrogens is 404 g/mol. The molecule has 2 aromatic heterocycles. The van der Waals surface area contributed by atoms with Crippen LogP contribution in [0, 0.1) is 5.92 Å². The highest BCUT2D eigenvalue weighted by Crippen LogP contribution is 2.38. The van der Waals surface area contributed by atoms with Gasteiger partial charge in [0.05, 0.1) is 29.5 Å². The number of hydrogen-bond donors (Lipinski definition) is 1. The van der Waals surface area contributed by atoms with E-state index in [1.807, 2.05) is 18.7 Å². The minimum absolute atomic E-state index is 0.0525. The number of hydrogen-bond acceptors (Lipinski definition) is 5. The first kappa shape index (κ1) is 23.0. The van der Waals surface area contributed by atoms with Crippen molar-refractivity contribution in [3.05, 3.63) is 47.1 Å². The maximum absolute atomic E-state index is 13.1. The Morgan fingerprint density at radius 2 is 2.10 bits per heavy atom. The number of allylic oxidation sites excluding steroid dienone is 2. The number of ether oxygens (including phenoxy) is 1. The lowest BCUT2D eigenvalue weighted by Gasteiger charge is -2.21. The lowest BCUT2D eigenvalue weighted by molar-refractivity contribution is -0.123. The molecule has 0 saturated carbocycles. The van der Waals surface area contributed by atoms with Crippen LogP contribution in [0.5, 0.6) is 0 Å². The predicted molar refractivity (Wildman–Crippen MR) is 112 cm³/mol. The Kier molecular flexibility index (Phi) is 7.46. The van der Waals surface area contributed by atoms with Crippen LogP contribution < -0.4 is 0 Å². The van der Waals surface area contributed by atoms with Gasteiger partial charge in [0, 0.05) is 24.9 Å². The second-order valence-electron chi connectivity index (χ2n) is 7.98. The number of rotatable bonds is 11. The van der Waals surface area contributed by atoms with Gasteiger partial charge < -0.3 is 14.6 Å². The highest BCUT2D eigenvalue weighted by atomic mass is 19.3. The van der Waals surface area contributed by atoms with Gasteiger partial charge in [-0.05, 0) is 32.1 Å². The van der Waals surface area contributed by atoms with Gasteiger partial charge in [-0.25, -0.2) is 9.67 Å². The van der Waals surface area contributed by atoms with E-state index in [0.717, 1.165) is 43.5 Å². The SMILES string of the molecule is CCCc1[nH]cnc1CCCC(C)C(=O)C1=C(CC)N(C)C(c2cnn(C(F)F)c2)O1. The molecule has 170 valence electrons. The monoisotopic (exact) mass is 435 g/mol. The zero-order valence-corrected chi connectivity index (χ0v) is 18.6. The summed E-state index contributed by atoms with van der Waals surface area (Å²) in [4.78, 5) is 22.6. The lowest BCUT2D eigenvalue weighted by atomic mass is 9.96. The molecule has 1 aliphatic heterocycles. The van der Waals surface area contributed by atoms with Gasteiger partial charge in [0.15, 0.2) is 5.76 Å². The first-order chi connectivity index (χ1) is 14.9. The Bertz CT molecular complexity index is 921. The third kappa shape index (κ3) is 4.97. The number of nitrogens with one attached hydrogen (secondary N) is 1. The lowest BCUT2D eigenvalue weighted by Crippen LogP contribution is -2.18. The molecule has 0 saturated heterocycles. The number of ketones is 1. The van der Waals surface area contributed by atoms with Crippen LogP contribution in [0.3, 0.4) is 0 Å². The van der Waals surface area contributed by atoms with Crippen molar-refractivity contribution in [2.45, 2.75) is 72.1 Å². The topological polar surface area (TPSA) is 76.0 Å². The average Bonchev–Trinajstić information content (AvgIpc) is 3.46. The third-order valence-corrected chi connectivity index (χ3v) is 5.74. The van der Waals surface area contributed by atoms with Crippen molar-refractivity contribution in [3.63, 3.8) is 0 Å². The summed E-state index contributed by atoms with van der Waals surface area (Å²) < 4.78 is 32.3. The van der Waals surface area contributed by atoms with Crippen molar-refractivity contribution in [2.24, 2.45) is 5.92 Å². The molecule has 3 rings (SSSR count).